The molecular formula is C13H16N2OS. The van der Waals surface area contributed by atoms with E-state index >= 15 is 0 Å². The zero-order valence-electron chi connectivity index (χ0n) is 10.1. The Morgan fingerprint density at radius 3 is 2.59 bits per heavy atom. The maximum Gasteiger partial charge on any atom is 0.140 e. The Hall–Kier alpha value is -1.39. The molecule has 0 atom stereocenters. The summed E-state index contributed by atoms with van der Waals surface area (Å²) in [7, 11) is 0. The van der Waals surface area contributed by atoms with E-state index in [9.17, 15) is 0 Å². The summed E-state index contributed by atoms with van der Waals surface area (Å²) in [5.41, 5.74) is 7.85. The van der Waals surface area contributed by atoms with Crippen LogP contribution in [-0.4, -0.2) is 4.98 Å². The maximum absolute atomic E-state index is 5.82. The van der Waals surface area contributed by atoms with Gasteiger partial charge in [-0.3, -0.25) is 0 Å². The lowest BCUT2D eigenvalue weighted by molar-refractivity contribution is 0.301. The fourth-order valence-corrected chi connectivity index (χ4v) is 2.38. The molecule has 4 heteroatoms. The summed E-state index contributed by atoms with van der Waals surface area (Å²) >= 11 is 1.60. The lowest BCUT2D eigenvalue weighted by atomic mass is 10.1. The molecule has 0 radical (unpaired) electrons. The number of hydrogen-bond donors (Lipinski definition) is 1. The third-order valence-corrected chi connectivity index (χ3v) is 3.54. The number of hydrogen-bond acceptors (Lipinski definition) is 4. The summed E-state index contributed by atoms with van der Waals surface area (Å²) < 4.78 is 5.82. The number of nitrogens with two attached hydrogens (primary N) is 1. The molecule has 17 heavy (non-hydrogen) atoms. The summed E-state index contributed by atoms with van der Waals surface area (Å²) in [6, 6.07) is 6.14. The zero-order chi connectivity index (χ0) is 12.3. The number of thiazole rings is 1. The normalized spacial score (nSPS) is 10.5. The second kappa shape index (κ2) is 5.29. The summed E-state index contributed by atoms with van der Waals surface area (Å²) in [6.07, 6.45) is 1.81. The molecule has 0 amide bonds. The molecule has 0 bridgehead atoms. The fraction of sp³-hybridized carbons (Fsp3) is 0.308. The smallest absolute Gasteiger partial charge is 0.140 e. The molecule has 0 aliphatic heterocycles. The average molecular weight is 248 g/mol. The highest BCUT2D eigenvalue weighted by Crippen LogP contribution is 2.24. The molecule has 0 unspecified atom stereocenters. The van der Waals surface area contributed by atoms with Gasteiger partial charge in [-0.1, -0.05) is 18.2 Å². The fourth-order valence-electron chi connectivity index (χ4n) is 1.67. The van der Waals surface area contributed by atoms with E-state index in [4.69, 9.17) is 10.5 Å². The van der Waals surface area contributed by atoms with Gasteiger partial charge in [0.25, 0.3) is 0 Å². The quantitative estimate of drug-likeness (QED) is 0.905. The van der Waals surface area contributed by atoms with Crippen molar-refractivity contribution in [2.24, 2.45) is 5.73 Å². The van der Waals surface area contributed by atoms with E-state index in [0.717, 1.165) is 26.8 Å². The third kappa shape index (κ3) is 2.84. The molecule has 0 aliphatic rings. The van der Waals surface area contributed by atoms with Crippen LogP contribution in [0.4, 0.5) is 0 Å². The first-order chi connectivity index (χ1) is 8.20. The predicted octanol–water partition coefficient (Wildman–Crippen LogP) is 2.80. The minimum Gasteiger partial charge on any atom is -0.486 e. The van der Waals surface area contributed by atoms with Crippen molar-refractivity contribution < 1.29 is 4.74 Å². The van der Waals surface area contributed by atoms with Gasteiger partial charge in [0, 0.05) is 17.6 Å². The molecular weight excluding hydrogens is 232 g/mol. The van der Waals surface area contributed by atoms with Crippen molar-refractivity contribution in [3.8, 4) is 5.75 Å². The number of rotatable bonds is 4. The molecule has 0 aliphatic carbocycles. The first-order valence-corrected chi connectivity index (χ1v) is 6.35. The van der Waals surface area contributed by atoms with Crippen LogP contribution in [0.15, 0.2) is 24.4 Å². The summed E-state index contributed by atoms with van der Waals surface area (Å²) in [4.78, 5) is 5.36. The van der Waals surface area contributed by atoms with Crippen LogP contribution in [0.5, 0.6) is 5.75 Å². The molecule has 0 saturated carbocycles. The van der Waals surface area contributed by atoms with Gasteiger partial charge in [-0.2, -0.15) is 0 Å². The summed E-state index contributed by atoms with van der Waals surface area (Å²) in [5, 5.41) is 0.966. The molecule has 2 rings (SSSR count). The lowest BCUT2D eigenvalue weighted by Crippen LogP contribution is -1.98. The SMILES string of the molecule is Cc1cccc(C)c1OCc1ncc(CN)s1. The maximum atomic E-state index is 5.82. The van der Waals surface area contributed by atoms with Crippen molar-refractivity contribution >= 4 is 11.3 Å². The Bertz CT molecular complexity index is 488. The van der Waals surface area contributed by atoms with Gasteiger partial charge in [-0.15, -0.1) is 11.3 Å². The predicted molar refractivity (Wildman–Crippen MR) is 70.3 cm³/mol. The molecule has 1 aromatic carbocycles. The molecule has 1 heterocycles. The second-order valence-corrected chi connectivity index (χ2v) is 5.13. The average Bonchev–Trinajstić information content (AvgIpc) is 2.76. The Morgan fingerprint density at radius 1 is 1.29 bits per heavy atom. The van der Waals surface area contributed by atoms with Gasteiger partial charge in [-0.25, -0.2) is 4.98 Å². The van der Waals surface area contributed by atoms with Crippen molar-refractivity contribution in [1.82, 2.24) is 4.98 Å². The highest BCUT2D eigenvalue weighted by atomic mass is 32.1. The van der Waals surface area contributed by atoms with Gasteiger partial charge in [0.1, 0.15) is 17.4 Å². The van der Waals surface area contributed by atoms with E-state index in [2.05, 4.69) is 31.0 Å². The topological polar surface area (TPSA) is 48.1 Å². The molecule has 2 aromatic rings. The van der Waals surface area contributed by atoms with Crippen molar-refractivity contribution in [3.05, 3.63) is 45.4 Å². The van der Waals surface area contributed by atoms with Crippen molar-refractivity contribution in [1.29, 1.82) is 0 Å². The molecule has 1 aromatic heterocycles. The third-order valence-electron chi connectivity index (χ3n) is 2.55. The van der Waals surface area contributed by atoms with Gasteiger partial charge in [0.15, 0.2) is 0 Å². The van der Waals surface area contributed by atoms with E-state index in [0.29, 0.717) is 13.2 Å². The largest absolute Gasteiger partial charge is 0.486 e. The van der Waals surface area contributed by atoms with Crippen molar-refractivity contribution in [2.75, 3.05) is 0 Å². The van der Waals surface area contributed by atoms with Crippen LogP contribution in [0.3, 0.4) is 0 Å². The van der Waals surface area contributed by atoms with Gasteiger partial charge < -0.3 is 10.5 Å². The Kier molecular flexibility index (Phi) is 3.76. The minimum atomic E-state index is 0.510. The Morgan fingerprint density at radius 2 is 2.00 bits per heavy atom. The highest BCUT2D eigenvalue weighted by molar-refractivity contribution is 7.11. The zero-order valence-corrected chi connectivity index (χ0v) is 10.9. The van der Waals surface area contributed by atoms with Crippen LogP contribution in [0.1, 0.15) is 21.0 Å². The number of aromatic nitrogens is 1. The number of aryl methyl sites for hydroxylation is 2. The number of para-hydroxylation sites is 1. The minimum absolute atomic E-state index is 0.510. The molecule has 0 fully saturated rings. The van der Waals surface area contributed by atoms with Crippen LogP contribution in [0.2, 0.25) is 0 Å². The first-order valence-electron chi connectivity index (χ1n) is 5.53. The first kappa shape index (κ1) is 12.1. The summed E-state index contributed by atoms with van der Waals surface area (Å²) in [5.74, 6) is 0.956. The van der Waals surface area contributed by atoms with Gasteiger partial charge >= 0.3 is 0 Å². The van der Waals surface area contributed by atoms with E-state index in [-0.39, 0.29) is 0 Å². The van der Waals surface area contributed by atoms with Crippen LogP contribution in [0.25, 0.3) is 0 Å². The van der Waals surface area contributed by atoms with Gasteiger partial charge in [-0.05, 0) is 25.0 Å². The van der Waals surface area contributed by atoms with E-state index < -0.39 is 0 Å². The van der Waals surface area contributed by atoms with E-state index in [1.54, 1.807) is 11.3 Å². The number of benzene rings is 1. The van der Waals surface area contributed by atoms with Crippen LogP contribution in [0, 0.1) is 13.8 Å². The molecule has 2 N–H and O–H groups in total. The molecule has 0 saturated heterocycles. The van der Waals surface area contributed by atoms with Crippen LogP contribution < -0.4 is 10.5 Å². The van der Waals surface area contributed by atoms with Crippen molar-refractivity contribution in [3.63, 3.8) is 0 Å². The Balaban J connectivity index is 2.07. The Labute approximate surface area is 105 Å². The van der Waals surface area contributed by atoms with Crippen LogP contribution in [-0.2, 0) is 13.2 Å². The number of ether oxygens (including phenoxy) is 1. The second-order valence-electron chi connectivity index (χ2n) is 3.93. The lowest BCUT2D eigenvalue weighted by Gasteiger charge is -2.10. The van der Waals surface area contributed by atoms with E-state index in [1.165, 1.54) is 0 Å². The monoisotopic (exact) mass is 248 g/mol. The standard InChI is InChI=1S/C13H16N2OS/c1-9-4-3-5-10(2)13(9)16-8-12-15-7-11(6-14)17-12/h3-5,7H,6,8,14H2,1-2H3. The van der Waals surface area contributed by atoms with E-state index in [1.807, 2.05) is 12.3 Å². The summed E-state index contributed by atoms with van der Waals surface area (Å²) in [6.45, 7) is 5.16. The van der Waals surface area contributed by atoms with Gasteiger partial charge in [0.2, 0.25) is 0 Å². The molecule has 3 nitrogen and oxygen atoms in total. The molecule has 90 valence electrons. The molecule has 0 spiro atoms. The highest BCUT2D eigenvalue weighted by Gasteiger charge is 2.05. The van der Waals surface area contributed by atoms with Crippen LogP contribution >= 0.6 is 11.3 Å². The van der Waals surface area contributed by atoms with Gasteiger partial charge in [0.05, 0.1) is 0 Å². The van der Waals surface area contributed by atoms with Crippen molar-refractivity contribution in [2.45, 2.75) is 27.0 Å². The number of nitrogens with zero attached hydrogens (tertiary/aromatic N) is 1.